The quantitative estimate of drug-likeness (QED) is 0.506. The molecule has 1 fully saturated rings. The lowest BCUT2D eigenvalue weighted by Crippen LogP contribution is -2.24. The molecule has 0 bridgehead atoms. The standard InChI is InChI=1S/C9H17NO2Si/c1-13(2,3)12-10-8-4-6-9(11)7-5-8/h4-7H2,1-3H3. The Kier molecular flexibility index (Phi) is 3.25. The molecule has 3 nitrogen and oxygen atoms in total. The molecule has 0 aromatic carbocycles. The summed E-state index contributed by atoms with van der Waals surface area (Å²) < 4.78 is 5.42. The summed E-state index contributed by atoms with van der Waals surface area (Å²) in [5.41, 5.74) is 1.06. The van der Waals surface area contributed by atoms with Gasteiger partial charge < -0.3 is 4.53 Å². The van der Waals surface area contributed by atoms with Crippen LogP contribution in [0.4, 0.5) is 0 Å². The Morgan fingerprint density at radius 3 is 2.15 bits per heavy atom. The first-order valence-corrected chi connectivity index (χ1v) is 8.14. The predicted octanol–water partition coefficient (Wildman–Crippen LogP) is 2.34. The SMILES string of the molecule is C[Si](C)(C)ON=C1CCC(=O)CC1. The topological polar surface area (TPSA) is 38.7 Å². The van der Waals surface area contributed by atoms with Gasteiger partial charge in [0.2, 0.25) is 0 Å². The van der Waals surface area contributed by atoms with Crippen molar-refractivity contribution in [2.45, 2.75) is 45.3 Å². The van der Waals surface area contributed by atoms with Crippen LogP contribution >= 0.6 is 0 Å². The second-order valence-corrected chi connectivity index (χ2v) is 8.81. The summed E-state index contributed by atoms with van der Waals surface area (Å²) in [5, 5.41) is 4.12. The van der Waals surface area contributed by atoms with Crippen LogP contribution in [0.3, 0.4) is 0 Å². The number of nitrogens with zero attached hydrogens (tertiary/aromatic N) is 1. The molecule has 0 N–H and O–H groups in total. The van der Waals surface area contributed by atoms with Gasteiger partial charge in [0.05, 0.1) is 5.71 Å². The molecule has 0 aromatic rings. The molecular formula is C9H17NO2Si. The lowest BCUT2D eigenvalue weighted by molar-refractivity contribution is -0.119. The molecule has 0 unspecified atom stereocenters. The summed E-state index contributed by atoms with van der Waals surface area (Å²) in [5.74, 6) is 0.354. The molecule has 1 saturated carbocycles. The van der Waals surface area contributed by atoms with E-state index in [2.05, 4.69) is 24.8 Å². The minimum atomic E-state index is -1.53. The minimum absolute atomic E-state index is 0.354. The maximum absolute atomic E-state index is 10.9. The Hall–Kier alpha value is -0.643. The molecule has 74 valence electrons. The van der Waals surface area contributed by atoms with Gasteiger partial charge in [-0.25, -0.2) is 0 Å². The molecule has 0 saturated heterocycles. The minimum Gasteiger partial charge on any atom is -0.456 e. The number of oxime groups is 1. The second kappa shape index (κ2) is 4.04. The Labute approximate surface area is 80.3 Å². The highest BCUT2D eigenvalue weighted by molar-refractivity contribution is 6.69. The van der Waals surface area contributed by atoms with Gasteiger partial charge in [0.25, 0.3) is 8.32 Å². The Morgan fingerprint density at radius 1 is 1.15 bits per heavy atom. The predicted molar refractivity (Wildman–Crippen MR) is 55.3 cm³/mol. The first-order valence-electron chi connectivity index (χ1n) is 4.73. The Morgan fingerprint density at radius 2 is 1.69 bits per heavy atom. The molecule has 0 aromatic heterocycles. The Bertz CT molecular complexity index is 218. The van der Waals surface area contributed by atoms with Crippen LogP contribution in [0.1, 0.15) is 25.7 Å². The van der Waals surface area contributed by atoms with E-state index in [1.54, 1.807) is 0 Å². The van der Waals surface area contributed by atoms with Crippen LogP contribution in [0.15, 0.2) is 5.16 Å². The maximum atomic E-state index is 10.9. The van der Waals surface area contributed by atoms with Crippen LogP contribution in [0.25, 0.3) is 0 Å². The van der Waals surface area contributed by atoms with Crippen molar-refractivity contribution in [3.63, 3.8) is 0 Å². The van der Waals surface area contributed by atoms with E-state index < -0.39 is 8.32 Å². The third kappa shape index (κ3) is 4.22. The number of carbonyl (C=O) groups excluding carboxylic acids is 1. The van der Waals surface area contributed by atoms with Crippen molar-refractivity contribution in [3.05, 3.63) is 0 Å². The second-order valence-electron chi connectivity index (χ2n) is 4.40. The monoisotopic (exact) mass is 199 g/mol. The van der Waals surface area contributed by atoms with Gasteiger partial charge in [-0.3, -0.25) is 4.79 Å². The molecule has 0 aliphatic heterocycles. The van der Waals surface area contributed by atoms with E-state index in [0.29, 0.717) is 18.6 Å². The number of Topliss-reactive ketones (excluding diaryl/α,β-unsaturated/α-hetero) is 1. The largest absolute Gasteiger partial charge is 0.456 e. The highest BCUT2D eigenvalue weighted by atomic mass is 28.4. The molecule has 0 radical (unpaired) electrons. The fourth-order valence-electron chi connectivity index (χ4n) is 1.11. The summed E-state index contributed by atoms with van der Waals surface area (Å²) in [6.07, 6.45) is 2.88. The first kappa shape index (κ1) is 10.4. The summed E-state index contributed by atoms with van der Waals surface area (Å²) in [4.78, 5) is 10.9. The Balaban J connectivity index is 2.40. The van der Waals surface area contributed by atoms with E-state index in [1.807, 2.05) is 0 Å². The summed E-state index contributed by atoms with van der Waals surface area (Å²) in [6.45, 7) is 6.31. The molecule has 1 aliphatic rings. The summed E-state index contributed by atoms with van der Waals surface area (Å²) >= 11 is 0. The number of hydrogen-bond donors (Lipinski definition) is 0. The fraction of sp³-hybridized carbons (Fsp3) is 0.778. The van der Waals surface area contributed by atoms with Crippen molar-refractivity contribution in [1.82, 2.24) is 0 Å². The zero-order valence-electron chi connectivity index (χ0n) is 8.59. The number of carbonyl (C=O) groups is 1. The highest BCUT2D eigenvalue weighted by Gasteiger charge is 2.18. The van der Waals surface area contributed by atoms with Crippen LogP contribution in [0.5, 0.6) is 0 Å². The molecule has 1 rings (SSSR count). The average Bonchev–Trinajstić information content (AvgIpc) is 2.02. The number of rotatable bonds is 2. The first-order chi connectivity index (χ1) is 5.97. The summed E-state index contributed by atoms with van der Waals surface area (Å²) in [6, 6.07) is 0. The van der Waals surface area contributed by atoms with Crippen LogP contribution in [0.2, 0.25) is 19.6 Å². The average molecular weight is 199 g/mol. The van der Waals surface area contributed by atoms with Crippen LogP contribution in [0, 0.1) is 0 Å². The zero-order valence-corrected chi connectivity index (χ0v) is 9.59. The van der Waals surface area contributed by atoms with Crippen molar-refractivity contribution in [1.29, 1.82) is 0 Å². The molecule has 0 atom stereocenters. The van der Waals surface area contributed by atoms with Crippen molar-refractivity contribution < 1.29 is 9.32 Å². The third-order valence-electron chi connectivity index (χ3n) is 1.83. The van der Waals surface area contributed by atoms with Crippen molar-refractivity contribution >= 4 is 19.8 Å². The van der Waals surface area contributed by atoms with E-state index >= 15 is 0 Å². The lowest BCUT2D eigenvalue weighted by Gasteiger charge is -2.16. The van der Waals surface area contributed by atoms with Crippen molar-refractivity contribution in [3.8, 4) is 0 Å². The highest BCUT2D eigenvalue weighted by Crippen LogP contribution is 2.13. The van der Waals surface area contributed by atoms with Crippen LogP contribution < -0.4 is 0 Å². The molecule has 0 spiro atoms. The van der Waals surface area contributed by atoms with Crippen molar-refractivity contribution in [2.24, 2.45) is 5.16 Å². The molecule has 0 amide bonds. The van der Waals surface area contributed by atoms with E-state index in [-0.39, 0.29) is 0 Å². The number of ketones is 1. The van der Waals surface area contributed by atoms with Gasteiger partial charge in [-0.15, -0.1) is 5.16 Å². The van der Waals surface area contributed by atoms with Gasteiger partial charge in [-0.2, -0.15) is 0 Å². The summed E-state index contributed by atoms with van der Waals surface area (Å²) in [7, 11) is -1.53. The van der Waals surface area contributed by atoms with Gasteiger partial charge in [0.1, 0.15) is 5.78 Å². The van der Waals surface area contributed by atoms with E-state index in [9.17, 15) is 4.79 Å². The van der Waals surface area contributed by atoms with Gasteiger partial charge in [-0.1, -0.05) is 0 Å². The fourth-order valence-corrected chi connectivity index (χ4v) is 1.51. The van der Waals surface area contributed by atoms with Gasteiger partial charge in [0, 0.05) is 12.8 Å². The molecule has 13 heavy (non-hydrogen) atoms. The molecule has 4 heteroatoms. The third-order valence-corrected chi connectivity index (χ3v) is 2.47. The zero-order chi connectivity index (χ0) is 9.90. The molecule has 0 heterocycles. The van der Waals surface area contributed by atoms with Gasteiger partial charge in [-0.05, 0) is 32.5 Å². The van der Waals surface area contributed by atoms with Crippen LogP contribution in [-0.4, -0.2) is 19.8 Å². The van der Waals surface area contributed by atoms with E-state index in [4.69, 9.17) is 4.53 Å². The van der Waals surface area contributed by atoms with Gasteiger partial charge in [0.15, 0.2) is 0 Å². The number of hydrogen-bond acceptors (Lipinski definition) is 3. The molecular weight excluding hydrogens is 182 g/mol. The van der Waals surface area contributed by atoms with E-state index in [1.165, 1.54) is 0 Å². The van der Waals surface area contributed by atoms with Crippen LogP contribution in [-0.2, 0) is 9.32 Å². The maximum Gasteiger partial charge on any atom is 0.278 e. The molecule has 1 aliphatic carbocycles. The smallest absolute Gasteiger partial charge is 0.278 e. The lowest BCUT2D eigenvalue weighted by atomic mass is 9.98. The van der Waals surface area contributed by atoms with Gasteiger partial charge >= 0.3 is 0 Å². The van der Waals surface area contributed by atoms with E-state index in [0.717, 1.165) is 18.6 Å². The normalized spacial score (nSPS) is 18.7. The van der Waals surface area contributed by atoms with Crippen molar-refractivity contribution in [2.75, 3.05) is 0 Å².